The van der Waals surface area contributed by atoms with Gasteiger partial charge in [0, 0.05) is 11.5 Å². The Balaban J connectivity index is 2.68. The molecule has 1 rings (SSSR count). The number of carboxylic acids is 1. The van der Waals surface area contributed by atoms with Gasteiger partial charge in [-0.05, 0) is 12.5 Å². The largest absolute Gasteiger partial charge is 0.478 e. The van der Waals surface area contributed by atoms with E-state index in [2.05, 4.69) is 11.9 Å². The van der Waals surface area contributed by atoms with Crippen LogP contribution in [0.3, 0.4) is 0 Å². The highest BCUT2D eigenvalue weighted by Crippen LogP contribution is 2.24. The van der Waals surface area contributed by atoms with Crippen molar-refractivity contribution >= 4 is 5.97 Å². The molecule has 118 valence electrons. The molecule has 0 aliphatic heterocycles. The molecule has 0 aromatic carbocycles. The van der Waals surface area contributed by atoms with Crippen LogP contribution in [0.15, 0.2) is 12.1 Å². The lowest BCUT2D eigenvalue weighted by Gasteiger charge is -2.19. The Labute approximate surface area is 127 Å². The molecule has 0 atom stereocenters. The van der Waals surface area contributed by atoms with Gasteiger partial charge >= 0.3 is 5.97 Å². The molecule has 0 amide bonds. The molecule has 0 radical (unpaired) electrons. The fourth-order valence-electron chi connectivity index (χ4n) is 1.97. The molecular formula is C17H27NO3. The van der Waals surface area contributed by atoms with E-state index in [1.54, 1.807) is 6.07 Å². The van der Waals surface area contributed by atoms with Gasteiger partial charge in [0.15, 0.2) is 0 Å². The van der Waals surface area contributed by atoms with Crippen LogP contribution in [-0.4, -0.2) is 22.7 Å². The molecule has 1 aromatic rings. The Morgan fingerprint density at radius 2 is 1.86 bits per heavy atom. The third-order valence-electron chi connectivity index (χ3n) is 3.32. The predicted octanol–water partition coefficient (Wildman–Crippen LogP) is 4.43. The van der Waals surface area contributed by atoms with Gasteiger partial charge in [-0.25, -0.2) is 9.78 Å². The van der Waals surface area contributed by atoms with Crippen LogP contribution < -0.4 is 4.74 Å². The summed E-state index contributed by atoms with van der Waals surface area (Å²) in [5.74, 6) is -0.536. The summed E-state index contributed by atoms with van der Waals surface area (Å²) in [7, 11) is 0. The van der Waals surface area contributed by atoms with Crippen molar-refractivity contribution in [2.75, 3.05) is 6.61 Å². The molecule has 1 heterocycles. The van der Waals surface area contributed by atoms with E-state index in [9.17, 15) is 9.90 Å². The molecular weight excluding hydrogens is 266 g/mol. The summed E-state index contributed by atoms with van der Waals surface area (Å²) >= 11 is 0. The first-order valence-corrected chi connectivity index (χ1v) is 7.73. The summed E-state index contributed by atoms with van der Waals surface area (Å²) < 4.78 is 5.64. The van der Waals surface area contributed by atoms with E-state index in [-0.39, 0.29) is 11.0 Å². The van der Waals surface area contributed by atoms with Crippen LogP contribution >= 0.6 is 0 Å². The van der Waals surface area contributed by atoms with Gasteiger partial charge in [0.2, 0.25) is 5.88 Å². The van der Waals surface area contributed by atoms with Gasteiger partial charge in [0.25, 0.3) is 0 Å². The Hall–Kier alpha value is -1.58. The molecule has 0 fully saturated rings. The monoisotopic (exact) mass is 293 g/mol. The molecule has 1 aromatic heterocycles. The van der Waals surface area contributed by atoms with Crippen molar-refractivity contribution in [2.45, 2.75) is 65.2 Å². The van der Waals surface area contributed by atoms with E-state index in [0.717, 1.165) is 18.5 Å². The third-order valence-corrected chi connectivity index (χ3v) is 3.32. The van der Waals surface area contributed by atoms with Gasteiger partial charge in [-0.15, -0.1) is 0 Å². The fraction of sp³-hybridized carbons (Fsp3) is 0.647. The molecule has 0 aliphatic carbocycles. The topological polar surface area (TPSA) is 59.4 Å². The smallest absolute Gasteiger partial charge is 0.335 e. The average Bonchev–Trinajstić information content (AvgIpc) is 2.41. The number of hydrogen-bond acceptors (Lipinski definition) is 3. The number of carboxylic acid groups (broad SMARTS) is 1. The SMILES string of the molecule is CCCCCCCOc1cc(C(=O)O)cc(C(C)(C)C)n1. The summed E-state index contributed by atoms with van der Waals surface area (Å²) in [6, 6.07) is 3.13. The zero-order valence-corrected chi connectivity index (χ0v) is 13.6. The van der Waals surface area contributed by atoms with Gasteiger partial charge in [-0.3, -0.25) is 0 Å². The maximum absolute atomic E-state index is 11.2. The van der Waals surface area contributed by atoms with Crippen LogP contribution in [0.2, 0.25) is 0 Å². The second-order valence-electron chi connectivity index (χ2n) is 6.40. The number of hydrogen-bond donors (Lipinski definition) is 1. The average molecular weight is 293 g/mol. The second kappa shape index (κ2) is 8.01. The number of rotatable bonds is 8. The number of nitrogens with zero attached hydrogens (tertiary/aromatic N) is 1. The lowest BCUT2D eigenvalue weighted by molar-refractivity contribution is 0.0696. The zero-order chi connectivity index (χ0) is 15.9. The molecule has 0 saturated heterocycles. The van der Waals surface area contributed by atoms with E-state index in [1.165, 1.54) is 25.3 Å². The number of unbranched alkanes of at least 4 members (excludes halogenated alkanes) is 4. The maximum Gasteiger partial charge on any atom is 0.335 e. The van der Waals surface area contributed by atoms with Crippen molar-refractivity contribution in [3.63, 3.8) is 0 Å². The molecule has 1 N–H and O–H groups in total. The Kier molecular flexibility index (Phi) is 6.66. The van der Waals surface area contributed by atoms with Gasteiger partial charge < -0.3 is 9.84 Å². The molecule has 4 nitrogen and oxygen atoms in total. The lowest BCUT2D eigenvalue weighted by Crippen LogP contribution is -2.16. The maximum atomic E-state index is 11.2. The van der Waals surface area contributed by atoms with Crippen molar-refractivity contribution in [1.29, 1.82) is 0 Å². The van der Waals surface area contributed by atoms with Gasteiger partial charge in [0.05, 0.1) is 17.9 Å². The quantitative estimate of drug-likeness (QED) is 0.720. The van der Waals surface area contributed by atoms with E-state index in [1.807, 2.05) is 20.8 Å². The predicted molar refractivity (Wildman–Crippen MR) is 84.2 cm³/mol. The zero-order valence-electron chi connectivity index (χ0n) is 13.6. The van der Waals surface area contributed by atoms with Crippen molar-refractivity contribution in [3.05, 3.63) is 23.4 Å². The molecule has 21 heavy (non-hydrogen) atoms. The highest BCUT2D eigenvalue weighted by atomic mass is 16.5. The van der Waals surface area contributed by atoms with E-state index in [4.69, 9.17) is 4.74 Å². The van der Waals surface area contributed by atoms with Gasteiger partial charge in [0.1, 0.15) is 0 Å². The summed E-state index contributed by atoms with van der Waals surface area (Å²) in [6.45, 7) is 8.80. The third kappa shape index (κ3) is 6.15. The first-order chi connectivity index (χ1) is 9.84. The molecule has 0 unspecified atom stereocenters. The van der Waals surface area contributed by atoms with Gasteiger partial charge in [-0.1, -0.05) is 53.4 Å². The minimum Gasteiger partial charge on any atom is -0.478 e. The fourth-order valence-corrected chi connectivity index (χ4v) is 1.97. The van der Waals surface area contributed by atoms with E-state index >= 15 is 0 Å². The highest BCUT2D eigenvalue weighted by molar-refractivity contribution is 5.88. The lowest BCUT2D eigenvalue weighted by atomic mass is 9.91. The first kappa shape index (κ1) is 17.5. The molecule has 0 saturated carbocycles. The summed E-state index contributed by atoms with van der Waals surface area (Å²) in [4.78, 5) is 15.6. The van der Waals surface area contributed by atoms with Gasteiger partial charge in [-0.2, -0.15) is 0 Å². The first-order valence-electron chi connectivity index (χ1n) is 7.73. The molecule has 0 spiro atoms. The number of aromatic nitrogens is 1. The Morgan fingerprint density at radius 3 is 2.43 bits per heavy atom. The van der Waals surface area contributed by atoms with E-state index in [0.29, 0.717) is 12.5 Å². The summed E-state index contributed by atoms with van der Waals surface area (Å²) in [5.41, 5.74) is 0.768. The van der Waals surface area contributed by atoms with Crippen molar-refractivity contribution < 1.29 is 14.6 Å². The molecule has 0 bridgehead atoms. The van der Waals surface area contributed by atoms with Crippen LogP contribution in [0.1, 0.15) is 75.9 Å². The standard InChI is InChI=1S/C17H27NO3/c1-5-6-7-8-9-10-21-15-12-13(16(19)20)11-14(18-15)17(2,3)4/h11-12H,5-10H2,1-4H3,(H,19,20). The van der Waals surface area contributed by atoms with Crippen LogP contribution in [0.5, 0.6) is 5.88 Å². The number of carbonyl (C=O) groups is 1. The van der Waals surface area contributed by atoms with Crippen molar-refractivity contribution in [3.8, 4) is 5.88 Å². The Bertz CT molecular complexity index is 464. The number of ether oxygens (including phenoxy) is 1. The highest BCUT2D eigenvalue weighted by Gasteiger charge is 2.19. The van der Waals surface area contributed by atoms with Crippen LogP contribution in [-0.2, 0) is 5.41 Å². The van der Waals surface area contributed by atoms with Crippen LogP contribution in [0.25, 0.3) is 0 Å². The van der Waals surface area contributed by atoms with Crippen molar-refractivity contribution in [1.82, 2.24) is 4.98 Å². The Morgan fingerprint density at radius 1 is 1.19 bits per heavy atom. The minimum atomic E-state index is -0.948. The molecule has 0 aliphatic rings. The minimum absolute atomic E-state index is 0.204. The second-order valence-corrected chi connectivity index (χ2v) is 6.40. The van der Waals surface area contributed by atoms with Crippen molar-refractivity contribution in [2.24, 2.45) is 0 Å². The number of pyridine rings is 1. The normalized spacial score (nSPS) is 11.4. The molecule has 4 heteroatoms. The summed E-state index contributed by atoms with van der Waals surface area (Å²) in [5, 5.41) is 9.18. The number of aromatic carboxylic acids is 1. The van der Waals surface area contributed by atoms with Crippen LogP contribution in [0.4, 0.5) is 0 Å². The summed E-state index contributed by atoms with van der Waals surface area (Å²) in [6.07, 6.45) is 5.80. The van der Waals surface area contributed by atoms with E-state index < -0.39 is 5.97 Å². The van der Waals surface area contributed by atoms with Crippen LogP contribution in [0, 0.1) is 0 Å².